The predicted molar refractivity (Wildman–Crippen MR) is 255 cm³/mol. The number of aromatic nitrogens is 6. The van der Waals surface area contributed by atoms with Gasteiger partial charge in [-0.1, -0.05) is 83.9 Å². The molecule has 0 aliphatic heterocycles. The minimum Gasteiger partial charge on any atom is -0.460 e. The number of halogens is 2. The number of ether oxygens (including phenoxy) is 4. The molecule has 0 aliphatic rings. The summed E-state index contributed by atoms with van der Waals surface area (Å²) in [4.78, 5) is 68.6. The molecular weight excluding hydrogens is 978 g/mol. The topological polar surface area (TPSA) is 167 Å². The summed E-state index contributed by atoms with van der Waals surface area (Å²) in [6.45, 7) is 21.4. The second-order valence-electron chi connectivity index (χ2n) is 18.7. The van der Waals surface area contributed by atoms with Crippen LogP contribution in [-0.4, -0.2) is 75.6 Å². The smallest absolute Gasteiger partial charge is 0.420 e. The van der Waals surface area contributed by atoms with Crippen molar-refractivity contribution in [2.45, 2.75) is 118 Å². The van der Waals surface area contributed by atoms with Crippen molar-refractivity contribution in [3.8, 4) is 22.8 Å². The molecule has 0 spiro atoms. The van der Waals surface area contributed by atoms with E-state index < -0.39 is 40.6 Å². The fourth-order valence-electron chi connectivity index (χ4n) is 6.01. The fourth-order valence-corrected chi connectivity index (χ4v) is 6.45. The van der Waals surface area contributed by atoms with Crippen LogP contribution in [0.3, 0.4) is 0 Å². The van der Waals surface area contributed by atoms with Crippen molar-refractivity contribution < 1.29 is 58.5 Å². The molecule has 0 saturated carbocycles. The molecule has 4 heterocycles. The molecule has 0 radical (unpaired) electrons. The minimum absolute atomic E-state index is 0. The van der Waals surface area contributed by atoms with Crippen LogP contribution < -0.4 is 0 Å². The average Bonchev–Trinajstić information content (AvgIpc) is 3.74. The first kappa shape index (κ1) is 54.9. The van der Waals surface area contributed by atoms with Gasteiger partial charge >= 0.3 is 24.1 Å². The standard InChI is InChI=1S/C24H28ClN3O4.C24H26ClN3O4.CH3.Pd/c2*1-23(2,3)31-18(29)13-12-16-14-17-19(25)26-20(15-10-8-7-9-11-15)27-21(17)28(16)22(30)32-24(4,5)6;;/h7-11,14H,12-13H2,1-6H3;7-14H,1-6H3;1H3;/q;;-1;/b;13-12+;;. The molecule has 0 atom stereocenters. The number of carbonyl (C=O) groups is 4. The third-order valence-electron chi connectivity index (χ3n) is 8.35. The minimum atomic E-state index is -0.737. The van der Waals surface area contributed by atoms with Crippen LogP contribution >= 0.6 is 23.2 Å². The largest absolute Gasteiger partial charge is 0.460 e. The van der Waals surface area contributed by atoms with Crippen LogP contribution in [0.1, 0.15) is 101 Å². The number of fused-ring (bicyclic) bond motifs is 2. The molecule has 0 fully saturated rings. The van der Waals surface area contributed by atoms with Gasteiger partial charge in [-0.25, -0.2) is 43.5 Å². The van der Waals surface area contributed by atoms with Gasteiger partial charge in [0, 0.05) is 43.3 Å². The van der Waals surface area contributed by atoms with E-state index in [1.807, 2.05) is 81.4 Å². The molecule has 2 aromatic carbocycles. The van der Waals surface area contributed by atoms with Crippen LogP contribution in [0.4, 0.5) is 9.59 Å². The van der Waals surface area contributed by atoms with Gasteiger partial charge in [-0.2, -0.15) is 0 Å². The van der Waals surface area contributed by atoms with E-state index in [1.54, 1.807) is 74.4 Å². The van der Waals surface area contributed by atoms with Crippen LogP contribution in [0.5, 0.6) is 0 Å². The number of esters is 2. The number of aryl methyl sites for hydroxylation is 1. The molecule has 17 heteroatoms. The van der Waals surface area contributed by atoms with Gasteiger partial charge in [-0.05, 0) is 108 Å². The number of benzene rings is 2. The molecule has 6 rings (SSSR count). The second kappa shape index (κ2) is 21.9. The van der Waals surface area contributed by atoms with Crippen molar-refractivity contribution in [2.24, 2.45) is 0 Å². The zero-order valence-electron chi connectivity index (χ0n) is 39.5. The van der Waals surface area contributed by atoms with E-state index in [0.717, 1.165) is 11.1 Å². The Morgan fingerprint density at radius 1 is 0.576 bits per heavy atom. The molecule has 14 nitrogen and oxygen atoms in total. The number of nitrogens with zero attached hydrogens (tertiary/aromatic N) is 6. The van der Waals surface area contributed by atoms with Gasteiger partial charge < -0.3 is 26.4 Å². The molecule has 0 aliphatic carbocycles. The summed E-state index contributed by atoms with van der Waals surface area (Å²) in [7, 11) is 0. The van der Waals surface area contributed by atoms with E-state index in [2.05, 4.69) is 19.9 Å². The number of hydrogen-bond donors (Lipinski definition) is 0. The van der Waals surface area contributed by atoms with Gasteiger partial charge in [0.1, 0.15) is 32.7 Å². The van der Waals surface area contributed by atoms with E-state index >= 15 is 0 Å². The van der Waals surface area contributed by atoms with Crippen LogP contribution in [-0.2, 0) is 55.4 Å². The van der Waals surface area contributed by atoms with Crippen molar-refractivity contribution in [2.75, 3.05) is 0 Å². The Bertz CT molecular complexity index is 2710. The summed E-state index contributed by atoms with van der Waals surface area (Å²) in [6.07, 6.45) is 1.82. The van der Waals surface area contributed by atoms with Crippen molar-refractivity contribution in [1.29, 1.82) is 0 Å². The summed E-state index contributed by atoms with van der Waals surface area (Å²) in [6, 6.07) is 22.0. The van der Waals surface area contributed by atoms with E-state index in [1.165, 1.54) is 21.3 Å². The van der Waals surface area contributed by atoms with E-state index in [-0.39, 0.29) is 62.6 Å². The van der Waals surface area contributed by atoms with Gasteiger partial charge in [0.25, 0.3) is 0 Å². The third kappa shape index (κ3) is 15.3. The Kier molecular flexibility index (Phi) is 18.2. The zero-order chi connectivity index (χ0) is 47.4. The Morgan fingerprint density at radius 2 is 0.985 bits per heavy atom. The fraction of sp³-hybridized carbons (Fsp3) is 0.367. The Labute approximate surface area is 410 Å². The van der Waals surface area contributed by atoms with Gasteiger partial charge in [0.2, 0.25) is 0 Å². The van der Waals surface area contributed by atoms with Crippen LogP contribution in [0.25, 0.3) is 50.9 Å². The van der Waals surface area contributed by atoms with Gasteiger partial charge in [0.15, 0.2) is 22.9 Å². The normalized spacial score (nSPS) is 11.8. The quantitative estimate of drug-likeness (QED) is 0.0371. The van der Waals surface area contributed by atoms with Crippen LogP contribution in [0, 0.1) is 7.43 Å². The predicted octanol–water partition coefficient (Wildman–Crippen LogP) is 12.1. The van der Waals surface area contributed by atoms with E-state index in [4.69, 9.17) is 42.1 Å². The number of rotatable bonds is 7. The molecular formula is C49H57Cl2N6O8Pd-. The number of hydrogen-bond acceptors (Lipinski definition) is 12. The van der Waals surface area contributed by atoms with E-state index in [0.29, 0.717) is 39.5 Å². The average molecular weight is 1040 g/mol. The Hall–Kier alpha value is -5.46. The molecule has 356 valence electrons. The van der Waals surface area contributed by atoms with E-state index in [9.17, 15) is 19.2 Å². The summed E-state index contributed by atoms with van der Waals surface area (Å²) in [5, 5.41) is 1.37. The van der Waals surface area contributed by atoms with Crippen molar-refractivity contribution in [3.63, 3.8) is 0 Å². The monoisotopic (exact) mass is 1030 g/mol. The molecule has 0 amide bonds. The van der Waals surface area contributed by atoms with Gasteiger partial charge in [-0.15, -0.1) is 0 Å². The molecule has 66 heavy (non-hydrogen) atoms. The maximum atomic E-state index is 13.1. The first-order chi connectivity index (χ1) is 29.7. The maximum Gasteiger partial charge on any atom is 0.420 e. The Balaban J connectivity index is 0.000000340. The van der Waals surface area contributed by atoms with Crippen molar-refractivity contribution >= 4 is 75.5 Å². The molecule has 0 saturated heterocycles. The third-order valence-corrected chi connectivity index (χ3v) is 8.92. The molecule has 4 aromatic heterocycles. The van der Waals surface area contributed by atoms with Gasteiger partial charge in [-0.3, -0.25) is 4.79 Å². The van der Waals surface area contributed by atoms with Crippen LogP contribution in [0.15, 0.2) is 78.9 Å². The van der Waals surface area contributed by atoms with Crippen molar-refractivity contribution in [3.05, 3.63) is 108 Å². The van der Waals surface area contributed by atoms with Gasteiger partial charge in [0.05, 0.1) is 22.9 Å². The summed E-state index contributed by atoms with van der Waals surface area (Å²) >= 11 is 12.9. The number of carbonyl (C=O) groups excluding carboxylic acids is 4. The zero-order valence-corrected chi connectivity index (χ0v) is 42.6. The summed E-state index contributed by atoms with van der Waals surface area (Å²) < 4.78 is 24.5. The SMILES string of the molecule is CC(C)(C)OC(=O)/C=C/c1cc2c(Cl)nc(-c3ccccc3)nc2n1C(=O)OC(C)(C)C.CC(C)(C)OC(=O)CCc1cc2c(Cl)nc(-c3ccccc3)nc2n1C(=O)OC(C)(C)C.[CH3-].[Pd]. The van der Waals surface area contributed by atoms with Crippen LogP contribution in [0.2, 0.25) is 10.3 Å². The molecule has 0 bridgehead atoms. The Morgan fingerprint density at radius 3 is 1.42 bits per heavy atom. The molecule has 0 N–H and O–H groups in total. The summed E-state index contributed by atoms with van der Waals surface area (Å²) in [5.74, 6) is -0.139. The maximum absolute atomic E-state index is 13.1. The molecule has 0 unspecified atom stereocenters. The second-order valence-corrected chi connectivity index (χ2v) is 19.4. The molecule has 6 aromatic rings. The summed E-state index contributed by atoms with van der Waals surface area (Å²) in [5.41, 5.74) is 0.353. The van der Waals surface area contributed by atoms with Crippen molar-refractivity contribution in [1.82, 2.24) is 29.1 Å². The first-order valence-electron chi connectivity index (χ1n) is 20.6. The first-order valence-corrected chi connectivity index (χ1v) is 21.3.